The van der Waals surface area contributed by atoms with Crippen LogP contribution in [0.3, 0.4) is 0 Å². The van der Waals surface area contributed by atoms with Gasteiger partial charge >= 0.3 is 5.97 Å². The molecule has 0 saturated heterocycles. The number of hydrogen-bond donors (Lipinski definition) is 0. The normalized spacial score (nSPS) is 10.8. The third-order valence-corrected chi connectivity index (χ3v) is 3.66. The van der Waals surface area contributed by atoms with E-state index in [0.29, 0.717) is 6.54 Å². The Morgan fingerprint density at radius 3 is 2.65 bits per heavy atom. The molecule has 0 atom stereocenters. The number of hydrogen-bond acceptors (Lipinski definition) is 4. The first-order valence-corrected chi connectivity index (χ1v) is 7.11. The lowest BCUT2D eigenvalue weighted by molar-refractivity contribution is 0.0595. The number of carbonyl (C=O) groups is 1. The Bertz CT molecular complexity index is 584. The van der Waals surface area contributed by atoms with Crippen LogP contribution in [0.15, 0.2) is 35.0 Å². The summed E-state index contributed by atoms with van der Waals surface area (Å²) in [7, 11) is 3.22. The number of carbonyl (C=O) groups excluding carboxylic acids is 1. The number of rotatable bonds is 5. The molecular formula is C15H16FNO2S. The van der Waals surface area contributed by atoms with Gasteiger partial charge in [-0.05, 0) is 47.1 Å². The van der Waals surface area contributed by atoms with Crippen molar-refractivity contribution >= 4 is 17.3 Å². The molecule has 0 saturated carbocycles. The molecule has 106 valence electrons. The summed E-state index contributed by atoms with van der Waals surface area (Å²) in [5.74, 6) is -1.20. The van der Waals surface area contributed by atoms with Gasteiger partial charge in [0, 0.05) is 13.1 Å². The van der Waals surface area contributed by atoms with Gasteiger partial charge in [0.05, 0.1) is 12.7 Å². The maximum absolute atomic E-state index is 13.8. The first-order chi connectivity index (χ1) is 9.60. The van der Waals surface area contributed by atoms with Crippen LogP contribution >= 0.6 is 11.3 Å². The zero-order valence-electron chi connectivity index (χ0n) is 11.4. The zero-order chi connectivity index (χ0) is 14.5. The van der Waals surface area contributed by atoms with Gasteiger partial charge in [-0.15, -0.1) is 0 Å². The van der Waals surface area contributed by atoms with Gasteiger partial charge in [0.1, 0.15) is 5.82 Å². The summed E-state index contributed by atoms with van der Waals surface area (Å²) < 4.78 is 18.3. The summed E-state index contributed by atoms with van der Waals surface area (Å²) in [5.41, 5.74) is 2.04. The number of benzene rings is 1. The standard InChI is InChI=1S/C15H16FNO2S/c1-17(9-12-5-6-20-10-12)8-11-3-4-13(14(16)7-11)15(18)19-2/h3-7,10H,8-9H2,1-2H3. The van der Waals surface area contributed by atoms with Crippen LogP contribution in [-0.4, -0.2) is 25.0 Å². The van der Waals surface area contributed by atoms with Gasteiger partial charge in [0.15, 0.2) is 0 Å². The fourth-order valence-corrected chi connectivity index (χ4v) is 2.65. The van der Waals surface area contributed by atoms with E-state index in [-0.39, 0.29) is 5.56 Å². The minimum Gasteiger partial charge on any atom is -0.465 e. The first-order valence-electron chi connectivity index (χ1n) is 6.16. The number of esters is 1. The van der Waals surface area contributed by atoms with Gasteiger partial charge in [-0.1, -0.05) is 6.07 Å². The van der Waals surface area contributed by atoms with E-state index < -0.39 is 11.8 Å². The van der Waals surface area contributed by atoms with E-state index in [1.807, 2.05) is 12.4 Å². The number of methoxy groups -OCH3 is 1. The number of nitrogens with zero attached hydrogens (tertiary/aromatic N) is 1. The van der Waals surface area contributed by atoms with E-state index in [9.17, 15) is 9.18 Å². The highest BCUT2D eigenvalue weighted by Crippen LogP contribution is 2.15. The maximum atomic E-state index is 13.8. The van der Waals surface area contributed by atoms with Crippen molar-refractivity contribution in [3.05, 3.63) is 57.5 Å². The summed E-state index contributed by atoms with van der Waals surface area (Å²) in [6.45, 7) is 1.43. The molecule has 0 unspecified atom stereocenters. The largest absolute Gasteiger partial charge is 0.465 e. The molecule has 0 radical (unpaired) electrons. The fourth-order valence-electron chi connectivity index (χ4n) is 1.99. The molecule has 0 aliphatic heterocycles. The van der Waals surface area contributed by atoms with Crippen molar-refractivity contribution < 1.29 is 13.9 Å². The van der Waals surface area contributed by atoms with Crippen LogP contribution in [0.1, 0.15) is 21.5 Å². The van der Waals surface area contributed by atoms with Crippen molar-refractivity contribution in [2.24, 2.45) is 0 Å². The highest BCUT2D eigenvalue weighted by Gasteiger charge is 2.13. The van der Waals surface area contributed by atoms with E-state index in [0.717, 1.165) is 12.1 Å². The van der Waals surface area contributed by atoms with E-state index in [2.05, 4.69) is 21.1 Å². The molecule has 0 fully saturated rings. The van der Waals surface area contributed by atoms with Crippen molar-refractivity contribution in [2.75, 3.05) is 14.2 Å². The van der Waals surface area contributed by atoms with E-state index >= 15 is 0 Å². The van der Waals surface area contributed by atoms with Crippen LogP contribution in [0.2, 0.25) is 0 Å². The molecule has 20 heavy (non-hydrogen) atoms. The molecule has 1 aromatic heterocycles. The molecule has 0 N–H and O–H groups in total. The van der Waals surface area contributed by atoms with Gasteiger partial charge in [-0.2, -0.15) is 11.3 Å². The van der Waals surface area contributed by atoms with Crippen LogP contribution < -0.4 is 0 Å². The second-order valence-corrected chi connectivity index (χ2v) is 5.39. The number of halogens is 1. The molecule has 1 aromatic carbocycles. The minimum atomic E-state index is -0.652. The smallest absolute Gasteiger partial charge is 0.340 e. The third-order valence-electron chi connectivity index (χ3n) is 2.92. The molecular weight excluding hydrogens is 277 g/mol. The Morgan fingerprint density at radius 1 is 1.30 bits per heavy atom. The predicted octanol–water partition coefficient (Wildman–Crippen LogP) is 3.31. The van der Waals surface area contributed by atoms with Gasteiger partial charge in [-0.3, -0.25) is 4.90 Å². The molecule has 0 spiro atoms. The SMILES string of the molecule is COC(=O)c1ccc(CN(C)Cc2ccsc2)cc1F. The second kappa shape index (κ2) is 6.63. The monoisotopic (exact) mass is 293 g/mol. The van der Waals surface area contributed by atoms with Crippen LogP contribution in [0.25, 0.3) is 0 Å². The topological polar surface area (TPSA) is 29.5 Å². The molecule has 0 bridgehead atoms. The van der Waals surface area contributed by atoms with Crippen LogP contribution in [0, 0.1) is 5.82 Å². The zero-order valence-corrected chi connectivity index (χ0v) is 12.2. The van der Waals surface area contributed by atoms with Crippen molar-refractivity contribution in [1.82, 2.24) is 4.90 Å². The van der Waals surface area contributed by atoms with E-state index in [1.54, 1.807) is 17.4 Å². The van der Waals surface area contributed by atoms with Crippen molar-refractivity contribution in [3.63, 3.8) is 0 Å². The van der Waals surface area contributed by atoms with Crippen LogP contribution in [-0.2, 0) is 17.8 Å². The molecule has 3 nitrogen and oxygen atoms in total. The lowest BCUT2D eigenvalue weighted by Gasteiger charge is -2.16. The molecule has 0 aliphatic carbocycles. The van der Waals surface area contributed by atoms with Crippen molar-refractivity contribution in [2.45, 2.75) is 13.1 Å². The van der Waals surface area contributed by atoms with Gasteiger partial charge in [0.25, 0.3) is 0 Å². The Balaban J connectivity index is 2.03. The Kier molecular flexibility index (Phi) is 4.87. The number of thiophene rings is 1. The summed E-state index contributed by atoms with van der Waals surface area (Å²) in [6, 6.07) is 6.67. The minimum absolute atomic E-state index is 0.0308. The Morgan fingerprint density at radius 2 is 2.05 bits per heavy atom. The summed E-state index contributed by atoms with van der Waals surface area (Å²) in [5, 5.41) is 4.13. The van der Waals surface area contributed by atoms with Crippen LogP contribution in [0.4, 0.5) is 4.39 Å². The van der Waals surface area contributed by atoms with Gasteiger partial charge < -0.3 is 4.74 Å². The molecule has 0 amide bonds. The van der Waals surface area contributed by atoms with Gasteiger partial charge in [-0.25, -0.2) is 9.18 Å². The van der Waals surface area contributed by atoms with Crippen molar-refractivity contribution in [1.29, 1.82) is 0 Å². The average Bonchev–Trinajstić information content (AvgIpc) is 2.90. The molecule has 2 rings (SSSR count). The molecule has 5 heteroatoms. The third kappa shape index (κ3) is 3.65. The first kappa shape index (κ1) is 14.7. The summed E-state index contributed by atoms with van der Waals surface area (Å²) in [6.07, 6.45) is 0. The van der Waals surface area contributed by atoms with Crippen LogP contribution in [0.5, 0.6) is 0 Å². The predicted molar refractivity (Wildman–Crippen MR) is 77.2 cm³/mol. The maximum Gasteiger partial charge on any atom is 0.340 e. The second-order valence-electron chi connectivity index (χ2n) is 4.61. The quantitative estimate of drug-likeness (QED) is 0.792. The van der Waals surface area contributed by atoms with E-state index in [1.165, 1.54) is 24.8 Å². The summed E-state index contributed by atoms with van der Waals surface area (Å²) in [4.78, 5) is 13.4. The highest BCUT2D eigenvalue weighted by molar-refractivity contribution is 7.07. The molecule has 2 aromatic rings. The van der Waals surface area contributed by atoms with E-state index in [4.69, 9.17) is 0 Å². The van der Waals surface area contributed by atoms with Gasteiger partial charge in [0.2, 0.25) is 0 Å². The highest BCUT2D eigenvalue weighted by atomic mass is 32.1. The lowest BCUT2D eigenvalue weighted by atomic mass is 10.1. The Hall–Kier alpha value is -1.72. The molecule has 0 aliphatic rings. The fraction of sp³-hybridized carbons (Fsp3) is 0.267. The molecule has 1 heterocycles. The number of ether oxygens (including phenoxy) is 1. The lowest BCUT2D eigenvalue weighted by Crippen LogP contribution is -2.17. The summed E-state index contributed by atoms with van der Waals surface area (Å²) >= 11 is 1.66. The van der Waals surface area contributed by atoms with Crippen molar-refractivity contribution in [3.8, 4) is 0 Å². The Labute approximate surface area is 121 Å². The average molecular weight is 293 g/mol.